The van der Waals surface area contributed by atoms with E-state index in [4.69, 9.17) is 4.74 Å². The Morgan fingerprint density at radius 2 is 2.00 bits per heavy atom. The summed E-state index contributed by atoms with van der Waals surface area (Å²) in [5, 5.41) is 3.12. The van der Waals surface area contributed by atoms with E-state index in [1.807, 2.05) is 14.0 Å². The highest BCUT2D eigenvalue weighted by Gasteiger charge is 2.36. The summed E-state index contributed by atoms with van der Waals surface area (Å²) in [4.78, 5) is 16.7. The molecule has 0 amide bonds. The van der Waals surface area contributed by atoms with Crippen LogP contribution in [0.25, 0.3) is 0 Å². The molecule has 118 valence electrons. The van der Waals surface area contributed by atoms with Crippen molar-refractivity contribution in [3.05, 3.63) is 0 Å². The van der Waals surface area contributed by atoms with Gasteiger partial charge in [0.05, 0.1) is 7.11 Å². The molecule has 0 radical (unpaired) electrons. The topological polar surface area (TPSA) is 44.8 Å². The summed E-state index contributed by atoms with van der Waals surface area (Å²) < 4.78 is 4.92. The molecule has 1 rings (SSSR count). The number of hydrogen-bond acceptors (Lipinski definition) is 5. The second-order valence-corrected chi connectivity index (χ2v) is 6.36. The molecule has 0 aromatic rings. The molecule has 20 heavy (non-hydrogen) atoms. The summed E-state index contributed by atoms with van der Waals surface area (Å²) in [7, 11) is 7.57. The van der Waals surface area contributed by atoms with Crippen LogP contribution in [-0.4, -0.2) is 74.7 Å². The average molecular weight is 285 g/mol. The van der Waals surface area contributed by atoms with Crippen molar-refractivity contribution >= 4 is 5.97 Å². The zero-order valence-corrected chi connectivity index (χ0v) is 13.9. The number of carbonyl (C=O) groups excluding carboxylic acids is 1. The van der Waals surface area contributed by atoms with Crippen molar-refractivity contribution in [3.8, 4) is 0 Å². The Morgan fingerprint density at radius 3 is 2.40 bits per heavy atom. The van der Waals surface area contributed by atoms with Crippen LogP contribution in [0.5, 0.6) is 0 Å². The van der Waals surface area contributed by atoms with Gasteiger partial charge in [-0.05, 0) is 67.3 Å². The highest BCUT2D eigenvalue weighted by molar-refractivity contribution is 5.80. The van der Waals surface area contributed by atoms with Gasteiger partial charge in [-0.1, -0.05) is 0 Å². The standard InChI is InChI=1S/C15H31N3O2/c1-12(11-15(2,16-3)14(19)20-6)18-9-7-13(8-10-18)17(4)5/h12-13,16H,7-11H2,1-6H3. The first-order chi connectivity index (χ1) is 9.34. The van der Waals surface area contributed by atoms with Crippen LogP contribution in [0.4, 0.5) is 0 Å². The molecule has 1 heterocycles. The van der Waals surface area contributed by atoms with Gasteiger partial charge in [0.15, 0.2) is 0 Å². The number of methoxy groups -OCH3 is 1. The van der Waals surface area contributed by atoms with E-state index >= 15 is 0 Å². The van der Waals surface area contributed by atoms with Crippen LogP contribution in [0.2, 0.25) is 0 Å². The third-order valence-corrected chi connectivity index (χ3v) is 4.74. The zero-order valence-electron chi connectivity index (χ0n) is 13.9. The maximum atomic E-state index is 11.9. The Kier molecular flexibility index (Phi) is 6.43. The number of nitrogens with one attached hydrogen (secondary N) is 1. The molecule has 5 nitrogen and oxygen atoms in total. The van der Waals surface area contributed by atoms with Gasteiger partial charge in [0.2, 0.25) is 0 Å². The van der Waals surface area contributed by atoms with E-state index in [2.05, 4.69) is 36.1 Å². The second kappa shape index (κ2) is 7.38. The first-order valence-corrected chi connectivity index (χ1v) is 7.52. The van der Waals surface area contributed by atoms with Crippen LogP contribution in [0.15, 0.2) is 0 Å². The third kappa shape index (κ3) is 4.17. The largest absolute Gasteiger partial charge is 0.468 e. The zero-order chi connectivity index (χ0) is 15.3. The molecule has 2 atom stereocenters. The fraction of sp³-hybridized carbons (Fsp3) is 0.933. The number of piperidine rings is 1. The minimum absolute atomic E-state index is 0.185. The Hall–Kier alpha value is -0.650. The number of rotatable bonds is 6. The quantitative estimate of drug-likeness (QED) is 0.736. The number of likely N-dealkylation sites (N-methyl/N-ethyl adjacent to an activating group) is 1. The SMILES string of the molecule is CNC(C)(CC(C)N1CCC(N(C)C)CC1)C(=O)OC. The van der Waals surface area contributed by atoms with Crippen molar-refractivity contribution in [2.24, 2.45) is 0 Å². The Bertz CT molecular complexity index is 314. The van der Waals surface area contributed by atoms with Gasteiger partial charge in [0.25, 0.3) is 0 Å². The Labute approximate surface area is 123 Å². The molecule has 5 heteroatoms. The fourth-order valence-corrected chi connectivity index (χ4v) is 3.08. The van der Waals surface area contributed by atoms with Crippen molar-refractivity contribution < 1.29 is 9.53 Å². The molecule has 2 unspecified atom stereocenters. The van der Waals surface area contributed by atoms with E-state index in [-0.39, 0.29) is 5.97 Å². The van der Waals surface area contributed by atoms with Crippen molar-refractivity contribution in [1.82, 2.24) is 15.1 Å². The van der Waals surface area contributed by atoms with Gasteiger partial charge in [-0.25, -0.2) is 0 Å². The predicted molar refractivity (Wildman–Crippen MR) is 81.8 cm³/mol. The predicted octanol–water partition coefficient (Wildman–Crippen LogP) is 0.942. The number of likely N-dealkylation sites (tertiary alicyclic amines) is 1. The van der Waals surface area contributed by atoms with Crippen LogP contribution in [-0.2, 0) is 9.53 Å². The molecule has 0 aromatic heterocycles. The molecule has 0 aliphatic carbocycles. The molecule has 0 spiro atoms. The minimum Gasteiger partial charge on any atom is -0.468 e. The first kappa shape index (κ1) is 17.4. The number of hydrogen-bond donors (Lipinski definition) is 1. The molecular weight excluding hydrogens is 254 g/mol. The highest BCUT2D eigenvalue weighted by Crippen LogP contribution is 2.22. The second-order valence-electron chi connectivity index (χ2n) is 6.36. The van der Waals surface area contributed by atoms with E-state index in [1.165, 1.54) is 20.0 Å². The van der Waals surface area contributed by atoms with Gasteiger partial charge in [-0.15, -0.1) is 0 Å². The van der Waals surface area contributed by atoms with Crippen LogP contribution in [0.1, 0.15) is 33.1 Å². The first-order valence-electron chi connectivity index (χ1n) is 7.52. The normalized spacial score (nSPS) is 22.6. The maximum Gasteiger partial charge on any atom is 0.325 e. The summed E-state index contributed by atoms with van der Waals surface area (Å²) in [6.07, 6.45) is 3.17. The molecule has 0 bridgehead atoms. The molecule has 1 aliphatic heterocycles. The molecule has 0 aromatic carbocycles. The number of ether oxygens (including phenoxy) is 1. The van der Waals surface area contributed by atoms with Crippen molar-refractivity contribution in [1.29, 1.82) is 0 Å². The third-order valence-electron chi connectivity index (χ3n) is 4.74. The van der Waals surface area contributed by atoms with Crippen LogP contribution < -0.4 is 5.32 Å². The van der Waals surface area contributed by atoms with Crippen LogP contribution in [0.3, 0.4) is 0 Å². The number of esters is 1. The monoisotopic (exact) mass is 285 g/mol. The van der Waals surface area contributed by atoms with Gasteiger partial charge < -0.3 is 19.9 Å². The van der Waals surface area contributed by atoms with Crippen molar-refractivity contribution in [2.45, 2.75) is 50.7 Å². The lowest BCUT2D eigenvalue weighted by molar-refractivity contribution is -0.148. The van der Waals surface area contributed by atoms with Crippen LogP contribution >= 0.6 is 0 Å². The highest BCUT2D eigenvalue weighted by atomic mass is 16.5. The van der Waals surface area contributed by atoms with E-state index in [9.17, 15) is 4.79 Å². The number of nitrogens with zero attached hydrogens (tertiary/aromatic N) is 2. The summed E-state index contributed by atoms with van der Waals surface area (Å²) in [5.74, 6) is -0.185. The maximum absolute atomic E-state index is 11.9. The van der Waals surface area contributed by atoms with E-state index in [1.54, 1.807) is 0 Å². The van der Waals surface area contributed by atoms with Gasteiger partial charge in [0, 0.05) is 12.1 Å². The van der Waals surface area contributed by atoms with Gasteiger partial charge in [-0.3, -0.25) is 4.79 Å². The van der Waals surface area contributed by atoms with E-state index in [0.717, 1.165) is 19.5 Å². The fourth-order valence-electron chi connectivity index (χ4n) is 3.08. The molecule has 1 N–H and O–H groups in total. The van der Waals surface area contributed by atoms with Gasteiger partial charge in [0.1, 0.15) is 5.54 Å². The molecule has 0 saturated carbocycles. The lowest BCUT2D eigenvalue weighted by Gasteiger charge is -2.40. The van der Waals surface area contributed by atoms with Gasteiger partial charge >= 0.3 is 5.97 Å². The minimum atomic E-state index is -0.605. The van der Waals surface area contributed by atoms with Gasteiger partial charge in [-0.2, -0.15) is 0 Å². The van der Waals surface area contributed by atoms with Crippen LogP contribution in [0, 0.1) is 0 Å². The summed E-state index contributed by atoms with van der Waals surface area (Å²) >= 11 is 0. The van der Waals surface area contributed by atoms with Crippen molar-refractivity contribution in [3.63, 3.8) is 0 Å². The lowest BCUT2D eigenvalue weighted by Crippen LogP contribution is -2.54. The summed E-state index contributed by atoms with van der Waals surface area (Å²) in [6, 6.07) is 1.06. The molecule has 1 aliphatic rings. The molecule has 1 saturated heterocycles. The lowest BCUT2D eigenvalue weighted by atomic mass is 9.91. The van der Waals surface area contributed by atoms with E-state index < -0.39 is 5.54 Å². The summed E-state index contributed by atoms with van der Waals surface area (Å²) in [5.41, 5.74) is -0.605. The number of carbonyl (C=O) groups is 1. The smallest absolute Gasteiger partial charge is 0.325 e. The average Bonchev–Trinajstić information content (AvgIpc) is 2.46. The Morgan fingerprint density at radius 1 is 1.45 bits per heavy atom. The van der Waals surface area contributed by atoms with E-state index in [0.29, 0.717) is 12.1 Å². The summed E-state index contributed by atoms with van der Waals surface area (Å²) in [6.45, 7) is 6.33. The van der Waals surface area contributed by atoms with Crippen molar-refractivity contribution in [2.75, 3.05) is 41.3 Å². The molecular formula is C15H31N3O2. The molecule has 1 fully saturated rings. The Balaban J connectivity index is 2.55.